The molecule has 0 amide bonds. The highest BCUT2D eigenvalue weighted by molar-refractivity contribution is 7.25. The second kappa shape index (κ2) is 17.3. The minimum Gasteiger partial charge on any atom is -0.366 e. The number of nitrogens with zero attached hydrogens (tertiary/aromatic N) is 1. The Balaban J connectivity index is 0.978. The molecule has 308 valence electrons. The Kier molecular flexibility index (Phi) is 11.2. The molecule has 7 aromatic carbocycles. The second-order valence-corrected chi connectivity index (χ2v) is 18.1. The summed E-state index contributed by atoms with van der Waals surface area (Å²) in [5.74, 6) is 0. The number of hydrogen-bond acceptors (Lipinski definition) is 6. The van der Waals surface area contributed by atoms with Gasteiger partial charge in [-0.25, -0.2) is 0 Å². The summed E-state index contributed by atoms with van der Waals surface area (Å²) in [6.07, 6.45) is 8.29. The molecule has 6 heteroatoms. The van der Waals surface area contributed by atoms with Crippen LogP contribution < -0.4 is 22.1 Å². The van der Waals surface area contributed by atoms with Crippen molar-refractivity contribution in [1.29, 1.82) is 0 Å². The number of aliphatic imine (C=N–C) groups is 1. The first kappa shape index (κ1) is 40.0. The minimum atomic E-state index is -0.415. The van der Waals surface area contributed by atoms with E-state index in [0.717, 1.165) is 45.6 Å². The van der Waals surface area contributed by atoms with Gasteiger partial charge in [0.15, 0.2) is 0 Å². The van der Waals surface area contributed by atoms with E-state index >= 15 is 0 Å². The number of hydrogen-bond donors (Lipinski definition) is 4. The zero-order chi connectivity index (χ0) is 42.0. The first-order valence-electron chi connectivity index (χ1n) is 22.1. The molecule has 0 bridgehead atoms. The van der Waals surface area contributed by atoms with Gasteiger partial charge >= 0.3 is 0 Å². The lowest BCUT2D eigenvalue weighted by atomic mass is 9.68. The molecule has 2 aliphatic carbocycles. The smallest absolute Gasteiger partial charge is 0.127 e. The number of fused-ring (bicyclic) bond motifs is 8. The van der Waals surface area contributed by atoms with Crippen molar-refractivity contribution in [3.63, 3.8) is 0 Å². The van der Waals surface area contributed by atoms with Gasteiger partial charge in [0.1, 0.15) is 12.3 Å². The molecular weight excluding hydrogens is 775 g/mol. The molecule has 6 N–H and O–H groups in total. The molecule has 1 spiro atoms. The molecule has 3 atom stereocenters. The Morgan fingerprint density at radius 1 is 0.645 bits per heavy atom. The number of thiophene rings is 1. The summed E-state index contributed by atoms with van der Waals surface area (Å²) in [7, 11) is 0. The van der Waals surface area contributed by atoms with Gasteiger partial charge < -0.3 is 16.8 Å². The molecule has 1 saturated carbocycles. The molecule has 0 aliphatic heterocycles. The number of rotatable bonds is 12. The Bertz CT molecular complexity index is 2910. The molecule has 8 aromatic rings. The van der Waals surface area contributed by atoms with Gasteiger partial charge in [-0.1, -0.05) is 183 Å². The predicted octanol–water partition coefficient (Wildman–Crippen LogP) is 12.9. The van der Waals surface area contributed by atoms with Crippen LogP contribution in [-0.2, 0) is 11.8 Å². The lowest BCUT2D eigenvalue weighted by molar-refractivity contribution is 0.353. The van der Waals surface area contributed by atoms with Crippen molar-refractivity contribution in [1.82, 2.24) is 10.6 Å². The lowest BCUT2D eigenvalue weighted by Gasteiger charge is -2.36. The van der Waals surface area contributed by atoms with E-state index in [1.807, 2.05) is 47.7 Å². The SMILES string of the molecule is C/C(=N\C(NC(N)c1ccccc1)c1cccc2sc3ccccc3c12)c1ccc(/C(=C/Cc2ccc3c(c2)-c2ccccc2C32CCCCC2)NC(N)c2ccccc2)cc1. The standard InChI is InChI=1S/C56H53N5S/c1-37(59-55(61-54(58)42-18-7-3-8-19-42)45-22-15-25-51-52(45)44-21-10-12-24-50(44)62-51)39-28-30-40(31-29-39)49(60-53(57)41-16-5-2-6-17-41)33-27-38-26-32-48-46(36-38)43-20-9-11-23-47(43)56(48)34-13-4-14-35-56/h2-3,5-12,15-26,28-33,36,53-55,60-61H,4,13-14,27,34-35,57-58H2,1H3/b49-33-,59-37+. The molecule has 2 aliphatic rings. The summed E-state index contributed by atoms with van der Waals surface area (Å²) >= 11 is 1.81. The Hall–Kier alpha value is -6.15. The van der Waals surface area contributed by atoms with Crippen LogP contribution in [0.4, 0.5) is 0 Å². The molecule has 62 heavy (non-hydrogen) atoms. The number of benzene rings is 7. The zero-order valence-corrected chi connectivity index (χ0v) is 36.0. The quantitative estimate of drug-likeness (QED) is 0.0730. The molecule has 1 fully saturated rings. The summed E-state index contributed by atoms with van der Waals surface area (Å²) in [4.78, 5) is 5.41. The summed E-state index contributed by atoms with van der Waals surface area (Å²) in [5.41, 5.74) is 28.2. The van der Waals surface area contributed by atoms with Crippen molar-refractivity contribution in [2.24, 2.45) is 16.5 Å². The molecule has 0 radical (unpaired) electrons. The predicted molar refractivity (Wildman–Crippen MR) is 261 cm³/mol. The van der Waals surface area contributed by atoms with Gasteiger partial charge in [-0.15, -0.1) is 11.3 Å². The number of nitrogens with two attached hydrogens (primary N) is 2. The van der Waals surface area contributed by atoms with E-state index in [0.29, 0.717) is 0 Å². The monoisotopic (exact) mass is 827 g/mol. The van der Waals surface area contributed by atoms with Gasteiger partial charge in [-0.3, -0.25) is 10.3 Å². The van der Waals surface area contributed by atoms with Crippen molar-refractivity contribution in [3.05, 3.63) is 220 Å². The highest BCUT2D eigenvalue weighted by atomic mass is 32.1. The fourth-order valence-electron chi connectivity index (χ4n) is 10.0. The van der Waals surface area contributed by atoms with Crippen LogP contribution in [0.1, 0.15) is 102 Å². The fraction of sp³-hybridized carbons (Fsp3) is 0.196. The van der Waals surface area contributed by atoms with Crippen molar-refractivity contribution in [3.8, 4) is 11.1 Å². The van der Waals surface area contributed by atoms with E-state index < -0.39 is 6.17 Å². The molecular formula is C56H53N5S. The van der Waals surface area contributed by atoms with Crippen LogP contribution in [0.15, 0.2) is 181 Å². The van der Waals surface area contributed by atoms with Crippen LogP contribution in [0, 0.1) is 0 Å². The average Bonchev–Trinajstić information content (AvgIpc) is 3.84. The Morgan fingerprint density at radius 2 is 1.29 bits per heavy atom. The maximum Gasteiger partial charge on any atom is 0.127 e. The van der Waals surface area contributed by atoms with Crippen molar-refractivity contribution in [2.75, 3.05) is 0 Å². The van der Waals surface area contributed by atoms with Crippen molar-refractivity contribution < 1.29 is 0 Å². The van der Waals surface area contributed by atoms with E-state index in [1.54, 1.807) is 0 Å². The Labute approximate surface area is 369 Å². The fourth-order valence-corrected chi connectivity index (χ4v) is 11.2. The largest absolute Gasteiger partial charge is 0.366 e. The van der Waals surface area contributed by atoms with Crippen LogP contribution in [0.5, 0.6) is 0 Å². The lowest BCUT2D eigenvalue weighted by Crippen LogP contribution is -2.32. The summed E-state index contributed by atoms with van der Waals surface area (Å²) in [6.45, 7) is 2.09. The maximum absolute atomic E-state index is 6.86. The van der Waals surface area contributed by atoms with Gasteiger partial charge in [0.05, 0.1) is 6.17 Å². The highest BCUT2D eigenvalue weighted by Crippen LogP contribution is 2.55. The first-order valence-corrected chi connectivity index (χ1v) is 22.9. The van der Waals surface area contributed by atoms with Crippen molar-refractivity contribution in [2.45, 2.75) is 69.4 Å². The van der Waals surface area contributed by atoms with E-state index in [2.05, 4.69) is 157 Å². The maximum atomic E-state index is 6.86. The van der Waals surface area contributed by atoms with Crippen LogP contribution in [0.25, 0.3) is 37.0 Å². The van der Waals surface area contributed by atoms with E-state index in [4.69, 9.17) is 16.5 Å². The van der Waals surface area contributed by atoms with E-state index in [-0.39, 0.29) is 17.7 Å². The van der Waals surface area contributed by atoms with Crippen LogP contribution >= 0.6 is 11.3 Å². The highest BCUT2D eigenvalue weighted by Gasteiger charge is 2.43. The Morgan fingerprint density at radius 3 is 2.06 bits per heavy atom. The molecule has 1 aromatic heterocycles. The zero-order valence-electron chi connectivity index (χ0n) is 35.2. The van der Waals surface area contributed by atoms with Crippen LogP contribution in [-0.4, -0.2) is 5.71 Å². The molecule has 0 saturated heterocycles. The third-order valence-corrected chi connectivity index (χ3v) is 14.3. The van der Waals surface area contributed by atoms with Gasteiger partial charge in [0.2, 0.25) is 0 Å². The topological polar surface area (TPSA) is 88.5 Å². The van der Waals surface area contributed by atoms with Crippen molar-refractivity contribution >= 4 is 42.9 Å². The molecule has 5 nitrogen and oxygen atoms in total. The third kappa shape index (κ3) is 7.69. The van der Waals surface area contributed by atoms with Crippen LogP contribution in [0.2, 0.25) is 0 Å². The average molecular weight is 828 g/mol. The number of nitrogens with one attached hydrogen (secondary N) is 2. The summed E-state index contributed by atoms with van der Waals surface area (Å²) in [5, 5.41) is 9.84. The van der Waals surface area contributed by atoms with Gasteiger partial charge in [0, 0.05) is 42.6 Å². The first-order chi connectivity index (χ1) is 30.4. The molecule has 3 unspecified atom stereocenters. The van der Waals surface area contributed by atoms with Gasteiger partial charge in [-0.05, 0) is 88.4 Å². The second-order valence-electron chi connectivity index (χ2n) is 17.0. The van der Waals surface area contributed by atoms with E-state index in [9.17, 15) is 0 Å². The molecule has 10 rings (SSSR count). The minimum absolute atomic E-state index is 0.159. The summed E-state index contributed by atoms with van der Waals surface area (Å²) in [6, 6.07) is 60.6. The third-order valence-electron chi connectivity index (χ3n) is 13.2. The van der Waals surface area contributed by atoms with Gasteiger partial charge in [-0.2, -0.15) is 0 Å². The summed E-state index contributed by atoms with van der Waals surface area (Å²) < 4.78 is 2.50. The van der Waals surface area contributed by atoms with Crippen LogP contribution in [0.3, 0.4) is 0 Å². The van der Waals surface area contributed by atoms with Gasteiger partial charge in [0.25, 0.3) is 0 Å². The van der Waals surface area contributed by atoms with E-state index in [1.165, 1.54) is 80.1 Å². The normalized spacial score (nSPS) is 16.2. The molecule has 1 heterocycles. The number of allylic oxidation sites excluding steroid dienone is 1.